The Labute approximate surface area is 353 Å². The van der Waals surface area contributed by atoms with E-state index in [2.05, 4.69) is 37.9 Å². The van der Waals surface area contributed by atoms with E-state index in [1.165, 1.54) is 116 Å². The van der Waals surface area contributed by atoms with Crippen LogP contribution in [0.4, 0.5) is 0 Å². The maximum Gasteiger partial charge on any atom is 0.306 e. The molecule has 0 saturated carbocycles. The van der Waals surface area contributed by atoms with Gasteiger partial charge in [0.15, 0.2) is 0 Å². The average molecular weight is 809 g/mol. The molecule has 0 aliphatic carbocycles. The molecule has 0 aromatic carbocycles. The summed E-state index contributed by atoms with van der Waals surface area (Å²) in [6.45, 7) is 12.7. The first-order valence-electron chi connectivity index (χ1n) is 24.8. The molecule has 0 heterocycles. The van der Waals surface area contributed by atoms with Gasteiger partial charge in [-0.25, -0.2) is 0 Å². The Balaban J connectivity index is 4.39. The number of ether oxygens (including phenoxy) is 2. The molecule has 0 aromatic heterocycles. The maximum atomic E-state index is 12.8. The molecule has 2 N–H and O–H groups in total. The number of esters is 2. The van der Waals surface area contributed by atoms with Gasteiger partial charge in [0.1, 0.15) is 12.7 Å². The first-order valence-corrected chi connectivity index (χ1v) is 24.8. The summed E-state index contributed by atoms with van der Waals surface area (Å²) in [6, 6.07) is 0. The molecule has 0 fully saturated rings. The average Bonchev–Trinajstić information content (AvgIpc) is 3.21. The number of nitrogens with one attached hydrogen (secondary N) is 1. The number of nitrogens with zero attached hydrogens (tertiary/aromatic N) is 1. The zero-order valence-electron chi connectivity index (χ0n) is 38.4. The Kier molecular flexibility index (Phi) is 42.6. The third-order valence-electron chi connectivity index (χ3n) is 11.6. The normalized spacial score (nSPS) is 11.6. The minimum absolute atomic E-state index is 0.000357. The second kappa shape index (κ2) is 43.9. The van der Waals surface area contributed by atoms with Crippen LogP contribution >= 0.6 is 0 Å². The number of amides is 1. The number of hydrogen-bond acceptors (Lipinski definition) is 7. The lowest BCUT2D eigenvalue weighted by Gasteiger charge is -2.22. The fourth-order valence-electron chi connectivity index (χ4n) is 7.83. The van der Waals surface area contributed by atoms with Gasteiger partial charge in [0.2, 0.25) is 5.91 Å². The molecule has 0 aliphatic heterocycles. The van der Waals surface area contributed by atoms with E-state index < -0.39 is 6.61 Å². The molecule has 0 aromatic rings. The van der Waals surface area contributed by atoms with E-state index in [-0.39, 0.29) is 23.9 Å². The first-order chi connectivity index (χ1) is 27.9. The number of hydrogen-bond donors (Lipinski definition) is 2. The summed E-state index contributed by atoms with van der Waals surface area (Å²) in [5.41, 5.74) is 0. The quantitative estimate of drug-likeness (QED) is 0.0466. The molecule has 0 atom stereocenters. The third kappa shape index (κ3) is 39.6. The topological polar surface area (TPSA) is 105 Å². The molecule has 8 nitrogen and oxygen atoms in total. The molecule has 1 amide bonds. The lowest BCUT2D eigenvalue weighted by atomic mass is 9.93. The van der Waals surface area contributed by atoms with E-state index in [1.54, 1.807) is 0 Å². The van der Waals surface area contributed by atoms with Gasteiger partial charge in [-0.2, -0.15) is 0 Å². The molecule has 0 aliphatic rings. The highest BCUT2D eigenvalue weighted by molar-refractivity contribution is 5.76. The summed E-state index contributed by atoms with van der Waals surface area (Å²) >= 11 is 0. The highest BCUT2D eigenvalue weighted by Crippen LogP contribution is 2.21. The fraction of sp³-hybridized carbons (Fsp3) is 0.939. The molecule has 0 rings (SSSR count). The number of aliphatic hydroxyl groups is 1. The van der Waals surface area contributed by atoms with Crippen LogP contribution in [0.25, 0.3) is 0 Å². The van der Waals surface area contributed by atoms with Crippen molar-refractivity contribution >= 4 is 17.8 Å². The van der Waals surface area contributed by atoms with Crippen LogP contribution < -0.4 is 5.32 Å². The van der Waals surface area contributed by atoms with E-state index in [0.29, 0.717) is 31.9 Å². The van der Waals surface area contributed by atoms with Crippen LogP contribution in [0.3, 0.4) is 0 Å². The standard InChI is InChI=1S/C49H96N2O6/c1-5-9-13-15-19-25-34-46(35-26-20-16-14-10-6-2)57-49(55)37-28-22-18-24-30-41-51(42-31-39-50-47(53)44-52)40-29-23-17-21-27-36-48(54)56-43-38-45(32-11-7-3)33-12-8-4/h45-46,52H,5-44H2,1-4H3,(H,50,53). The van der Waals surface area contributed by atoms with Crippen LogP contribution in [0.1, 0.15) is 246 Å². The summed E-state index contributed by atoms with van der Waals surface area (Å²) in [4.78, 5) is 39.1. The number of rotatable bonds is 45. The van der Waals surface area contributed by atoms with Crippen molar-refractivity contribution in [2.24, 2.45) is 5.92 Å². The Morgan fingerprint density at radius 1 is 0.491 bits per heavy atom. The lowest BCUT2D eigenvalue weighted by Crippen LogP contribution is -2.32. The Hall–Kier alpha value is -1.67. The number of unbranched alkanes of at least 4 members (excludes halogenated alkanes) is 20. The van der Waals surface area contributed by atoms with Gasteiger partial charge in [-0.1, -0.05) is 169 Å². The molecule has 0 unspecified atom stereocenters. The summed E-state index contributed by atoms with van der Waals surface area (Å²) < 4.78 is 11.6. The Morgan fingerprint density at radius 3 is 1.44 bits per heavy atom. The molecule has 0 spiro atoms. The van der Waals surface area contributed by atoms with Crippen LogP contribution in [0.2, 0.25) is 0 Å². The molecule has 57 heavy (non-hydrogen) atoms. The van der Waals surface area contributed by atoms with Crippen molar-refractivity contribution in [1.82, 2.24) is 10.2 Å². The van der Waals surface area contributed by atoms with Crippen LogP contribution in [-0.4, -0.2) is 73.3 Å². The highest BCUT2D eigenvalue weighted by Gasteiger charge is 2.15. The van der Waals surface area contributed by atoms with E-state index >= 15 is 0 Å². The van der Waals surface area contributed by atoms with Gasteiger partial charge in [0, 0.05) is 19.4 Å². The molecule has 0 bridgehead atoms. The van der Waals surface area contributed by atoms with Gasteiger partial charge in [-0.15, -0.1) is 0 Å². The predicted octanol–water partition coefficient (Wildman–Crippen LogP) is 12.8. The molecule has 0 saturated heterocycles. The van der Waals surface area contributed by atoms with Crippen LogP contribution in [0, 0.1) is 5.92 Å². The van der Waals surface area contributed by atoms with Gasteiger partial charge in [0.05, 0.1) is 6.61 Å². The molecular weight excluding hydrogens is 713 g/mol. The van der Waals surface area contributed by atoms with Crippen LogP contribution in [0.15, 0.2) is 0 Å². The maximum absolute atomic E-state index is 12.8. The third-order valence-corrected chi connectivity index (χ3v) is 11.6. The predicted molar refractivity (Wildman–Crippen MR) is 241 cm³/mol. The second-order valence-corrected chi connectivity index (χ2v) is 17.1. The summed E-state index contributed by atoms with van der Waals surface area (Å²) in [7, 11) is 0. The largest absolute Gasteiger partial charge is 0.466 e. The Bertz CT molecular complexity index is 862. The van der Waals surface area contributed by atoms with Crippen molar-refractivity contribution in [3.63, 3.8) is 0 Å². The van der Waals surface area contributed by atoms with Crippen molar-refractivity contribution in [3.8, 4) is 0 Å². The van der Waals surface area contributed by atoms with E-state index in [0.717, 1.165) is 110 Å². The zero-order chi connectivity index (χ0) is 41.9. The second-order valence-electron chi connectivity index (χ2n) is 17.1. The minimum atomic E-state index is -0.462. The Morgan fingerprint density at radius 2 is 0.930 bits per heavy atom. The summed E-state index contributed by atoms with van der Waals surface area (Å²) in [6.07, 6.45) is 38.6. The van der Waals surface area contributed by atoms with Crippen LogP contribution in [0.5, 0.6) is 0 Å². The zero-order valence-corrected chi connectivity index (χ0v) is 38.4. The first kappa shape index (κ1) is 55.3. The number of carbonyl (C=O) groups excluding carboxylic acids is 3. The number of carbonyl (C=O) groups is 3. The van der Waals surface area contributed by atoms with Crippen molar-refractivity contribution < 1.29 is 29.0 Å². The highest BCUT2D eigenvalue weighted by atomic mass is 16.5. The van der Waals surface area contributed by atoms with E-state index in [4.69, 9.17) is 14.6 Å². The molecule has 8 heteroatoms. The smallest absolute Gasteiger partial charge is 0.306 e. The molecule has 338 valence electrons. The van der Waals surface area contributed by atoms with Crippen molar-refractivity contribution in [2.45, 2.75) is 252 Å². The van der Waals surface area contributed by atoms with Crippen molar-refractivity contribution in [1.29, 1.82) is 0 Å². The minimum Gasteiger partial charge on any atom is -0.466 e. The van der Waals surface area contributed by atoms with E-state index in [1.807, 2.05) is 0 Å². The van der Waals surface area contributed by atoms with Gasteiger partial charge >= 0.3 is 11.9 Å². The van der Waals surface area contributed by atoms with Gasteiger partial charge in [-0.05, 0) is 89.8 Å². The van der Waals surface area contributed by atoms with Gasteiger partial charge in [0.25, 0.3) is 0 Å². The summed E-state index contributed by atoms with van der Waals surface area (Å²) in [5, 5.41) is 11.8. The van der Waals surface area contributed by atoms with Gasteiger partial charge < -0.3 is 24.8 Å². The van der Waals surface area contributed by atoms with E-state index in [9.17, 15) is 14.4 Å². The van der Waals surface area contributed by atoms with Crippen molar-refractivity contribution in [2.75, 3.05) is 39.4 Å². The number of aliphatic hydroxyl groups excluding tert-OH is 1. The lowest BCUT2D eigenvalue weighted by molar-refractivity contribution is -0.150. The van der Waals surface area contributed by atoms with Crippen molar-refractivity contribution in [3.05, 3.63) is 0 Å². The fourth-order valence-corrected chi connectivity index (χ4v) is 7.83. The SMILES string of the molecule is CCCCCCCCC(CCCCCCCC)OC(=O)CCCCCCCN(CCCCCCCC(=O)OCCC(CCCC)CCCC)CCCNC(=O)CO. The molecule has 0 radical (unpaired) electrons. The monoisotopic (exact) mass is 809 g/mol. The van der Waals surface area contributed by atoms with Gasteiger partial charge in [-0.3, -0.25) is 14.4 Å². The van der Waals surface area contributed by atoms with Crippen LogP contribution in [-0.2, 0) is 23.9 Å². The summed E-state index contributed by atoms with van der Waals surface area (Å²) in [5.74, 6) is 0.338. The molecular formula is C49H96N2O6.